The lowest BCUT2D eigenvalue weighted by Gasteiger charge is -2.35. The highest BCUT2D eigenvalue weighted by molar-refractivity contribution is 5.95. The average Bonchev–Trinajstić information content (AvgIpc) is 3.15. The van der Waals surface area contributed by atoms with Gasteiger partial charge in [-0.05, 0) is 25.1 Å². The number of likely N-dealkylation sites (N-methyl/N-ethyl adjacent to an activating group) is 1. The van der Waals surface area contributed by atoms with Crippen LogP contribution >= 0.6 is 0 Å². The summed E-state index contributed by atoms with van der Waals surface area (Å²) in [6.07, 6.45) is 3.93. The molecule has 0 fully saturated rings. The monoisotopic (exact) mass is 385 g/mol. The molecule has 1 atom stereocenters. The summed E-state index contributed by atoms with van der Waals surface area (Å²) in [6.45, 7) is 3.67. The van der Waals surface area contributed by atoms with Gasteiger partial charge in [-0.25, -0.2) is 4.98 Å². The smallest absolute Gasteiger partial charge is 0.253 e. The zero-order valence-corrected chi connectivity index (χ0v) is 16.8. The molecular formula is C20H27N5O3. The number of ether oxygens (including phenoxy) is 1. The number of fused-ring (bicyclic) bond motifs is 1. The van der Waals surface area contributed by atoms with Crippen LogP contribution in [0.1, 0.15) is 29.5 Å². The first-order chi connectivity index (χ1) is 13.4. The van der Waals surface area contributed by atoms with Crippen LogP contribution in [0.3, 0.4) is 0 Å². The maximum atomic E-state index is 12.4. The van der Waals surface area contributed by atoms with Gasteiger partial charge < -0.3 is 24.4 Å². The molecule has 2 heterocycles. The number of aryl methyl sites for hydroxylation is 1. The van der Waals surface area contributed by atoms with Crippen LogP contribution in [0.15, 0.2) is 30.6 Å². The fraction of sp³-hybridized carbons (Fsp3) is 0.450. The lowest BCUT2D eigenvalue weighted by molar-refractivity contribution is -0.121. The molecule has 1 aliphatic rings. The summed E-state index contributed by atoms with van der Waals surface area (Å²) >= 11 is 0. The van der Waals surface area contributed by atoms with E-state index in [0.29, 0.717) is 25.1 Å². The lowest BCUT2D eigenvalue weighted by atomic mass is 10.1. The number of hydrogen-bond donors (Lipinski definition) is 1. The molecule has 2 aromatic rings. The van der Waals surface area contributed by atoms with Crippen molar-refractivity contribution in [3.63, 3.8) is 0 Å². The number of anilines is 1. The predicted molar refractivity (Wildman–Crippen MR) is 107 cm³/mol. The first-order valence-corrected chi connectivity index (χ1v) is 9.38. The molecule has 0 radical (unpaired) electrons. The van der Waals surface area contributed by atoms with Crippen molar-refractivity contribution in [2.75, 3.05) is 32.6 Å². The SMILES string of the molecule is CCn1ccnc1CNC(=O)C[C@H]1COc2ccc(C(=O)N(C)C)cc2N1C. The summed E-state index contributed by atoms with van der Waals surface area (Å²) in [4.78, 5) is 32.5. The van der Waals surface area contributed by atoms with Crippen LogP contribution < -0.4 is 15.0 Å². The number of hydrogen-bond acceptors (Lipinski definition) is 5. The molecule has 0 aliphatic carbocycles. The van der Waals surface area contributed by atoms with Gasteiger partial charge in [0.2, 0.25) is 5.91 Å². The third-order valence-corrected chi connectivity index (χ3v) is 4.98. The van der Waals surface area contributed by atoms with E-state index >= 15 is 0 Å². The van der Waals surface area contributed by atoms with E-state index in [-0.39, 0.29) is 17.9 Å². The molecule has 0 spiro atoms. The minimum absolute atomic E-state index is 0.0601. The molecule has 1 N–H and O–H groups in total. The van der Waals surface area contributed by atoms with Gasteiger partial charge in [0.15, 0.2) is 0 Å². The second-order valence-corrected chi connectivity index (χ2v) is 7.07. The van der Waals surface area contributed by atoms with Crippen molar-refractivity contribution in [1.82, 2.24) is 19.8 Å². The zero-order valence-electron chi connectivity index (χ0n) is 16.8. The van der Waals surface area contributed by atoms with Crippen LogP contribution in [0.2, 0.25) is 0 Å². The molecule has 0 saturated heterocycles. The summed E-state index contributed by atoms with van der Waals surface area (Å²) in [5.74, 6) is 1.43. The Morgan fingerprint density at radius 1 is 1.36 bits per heavy atom. The van der Waals surface area contributed by atoms with Gasteiger partial charge in [-0.3, -0.25) is 9.59 Å². The highest BCUT2D eigenvalue weighted by Crippen LogP contribution is 2.34. The van der Waals surface area contributed by atoms with E-state index < -0.39 is 0 Å². The number of carbonyl (C=O) groups is 2. The van der Waals surface area contributed by atoms with E-state index in [2.05, 4.69) is 10.3 Å². The summed E-state index contributed by atoms with van der Waals surface area (Å²) < 4.78 is 7.82. The topological polar surface area (TPSA) is 79.7 Å². The summed E-state index contributed by atoms with van der Waals surface area (Å²) in [5.41, 5.74) is 1.41. The molecule has 2 amide bonds. The van der Waals surface area contributed by atoms with Crippen molar-refractivity contribution in [2.45, 2.75) is 32.5 Å². The number of nitrogens with one attached hydrogen (secondary N) is 1. The zero-order chi connectivity index (χ0) is 20.3. The quantitative estimate of drug-likeness (QED) is 0.815. The van der Waals surface area contributed by atoms with Gasteiger partial charge >= 0.3 is 0 Å². The van der Waals surface area contributed by atoms with Gasteiger partial charge in [-0.1, -0.05) is 0 Å². The summed E-state index contributed by atoms with van der Waals surface area (Å²) in [5, 5.41) is 2.93. The van der Waals surface area contributed by atoms with Crippen molar-refractivity contribution in [3.8, 4) is 5.75 Å². The highest BCUT2D eigenvalue weighted by Gasteiger charge is 2.27. The standard InChI is InChI=1S/C20H27N5O3/c1-5-25-9-8-21-18(25)12-22-19(26)11-15-13-28-17-7-6-14(20(27)23(2)3)10-16(17)24(15)4/h6-10,15H,5,11-13H2,1-4H3,(H,22,26)/t15-/m0/s1. The van der Waals surface area contributed by atoms with Gasteiger partial charge in [-0.2, -0.15) is 0 Å². The molecule has 28 heavy (non-hydrogen) atoms. The Labute approximate surface area is 165 Å². The number of amides is 2. The van der Waals surface area contributed by atoms with Crippen LogP contribution in [-0.2, 0) is 17.9 Å². The molecule has 150 valence electrons. The van der Waals surface area contributed by atoms with Crippen molar-refractivity contribution in [1.29, 1.82) is 0 Å². The molecule has 8 nitrogen and oxygen atoms in total. The van der Waals surface area contributed by atoms with Crippen molar-refractivity contribution in [3.05, 3.63) is 42.0 Å². The number of nitrogens with zero attached hydrogens (tertiary/aromatic N) is 4. The minimum Gasteiger partial charge on any atom is -0.489 e. The maximum Gasteiger partial charge on any atom is 0.253 e. The molecular weight excluding hydrogens is 358 g/mol. The van der Waals surface area contributed by atoms with Crippen LogP contribution in [0, 0.1) is 0 Å². The van der Waals surface area contributed by atoms with E-state index in [1.54, 1.807) is 26.4 Å². The van der Waals surface area contributed by atoms with Crippen LogP contribution in [0.5, 0.6) is 5.75 Å². The Bertz CT molecular complexity index is 861. The third-order valence-electron chi connectivity index (χ3n) is 4.98. The van der Waals surface area contributed by atoms with Crippen molar-refractivity contribution < 1.29 is 14.3 Å². The maximum absolute atomic E-state index is 12.4. The van der Waals surface area contributed by atoms with Crippen molar-refractivity contribution >= 4 is 17.5 Å². The third kappa shape index (κ3) is 4.11. The number of benzene rings is 1. The second-order valence-electron chi connectivity index (χ2n) is 7.07. The lowest BCUT2D eigenvalue weighted by Crippen LogP contribution is -2.44. The fourth-order valence-electron chi connectivity index (χ4n) is 3.26. The van der Waals surface area contributed by atoms with Gasteiger partial charge in [0.05, 0.1) is 24.7 Å². The fourth-order valence-corrected chi connectivity index (χ4v) is 3.26. The van der Waals surface area contributed by atoms with Gasteiger partial charge in [0.1, 0.15) is 18.2 Å². The van der Waals surface area contributed by atoms with E-state index in [1.165, 1.54) is 4.90 Å². The Morgan fingerprint density at radius 3 is 2.86 bits per heavy atom. The number of aromatic nitrogens is 2. The predicted octanol–water partition coefficient (Wildman–Crippen LogP) is 1.51. The molecule has 0 bridgehead atoms. The van der Waals surface area contributed by atoms with Crippen molar-refractivity contribution in [2.24, 2.45) is 0 Å². The number of rotatable bonds is 6. The Balaban J connectivity index is 1.64. The van der Waals surface area contributed by atoms with Gasteiger partial charge in [0.25, 0.3) is 5.91 Å². The molecule has 1 aromatic carbocycles. The highest BCUT2D eigenvalue weighted by atomic mass is 16.5. The Kier molecular flexibility index (Phi) is 5.87. The van der Waals surface area contributed by atoms with Crippen LogP contribution in [0.4, 0.5) is 5.69 Å². The molecule has 0 saturated carbocycles. The minimum atomic E-state index is -0.108. The summed E-state index contributed by atoms with van der Waals surface area (Å²) in [7, 11) is 5.37. The summed E-state index contributed by atoms with van der Waals surface area (Å²) in [6, 6.07) is 5.28. The second kappa shape index (κ2) is 8.33. The first kappa shape index (κ1) is 19.7. The Hall–Kier alpha value is -3.03. The molecule has 8 heteroatoms. The molecule has 1 aliphatic heterocycles. The van der Waals surface area contributed by atoms with Crippen LogP contribution in [-0.4, -0.2) is 60.1 Å². The molecule has 0 unspecified atom stereocenters. The number of imidazole rings is 1. The molecule has 3 rings (SSSR count). The van der Waals surface area contributed by atoms with Gasteiger partial charge in [0, 0.05) is 45.6 Å². The van der Waals surface area contributed by atoms with Crippen LogP contribution in [0.25, 0.3) is 0 Å². The first-order valence-electron chi connectivity index (χ1n) is 9.38. The van der Waals surface area contributed by atoms with E-state index in [4.69, 9.17) is 4.74 Å². The van der Waals surface area contributed by atoms with Gasteiger partial charge in [-0.15, -0.1) is 0 Å². The normalized spacial score (nSPS) is 15.6. The van der Waals surface area contributed by atoms with E-state index in [1.807, 2.05) is 41.8 Å². The average molecular weight is 385 g/mol. The van der Waals surface area contributed by atoms with E-state index in [0.717, 1.165) is 23.8 Å². The molecule has 1 aromatic heterocycles. The Morgan fingerprint density at radius 2 is 2.14 bits per heavy atom. The van der Waals surface area contributed by atoms with E-state index in [9.17, 15) is 9.59 Å². The number of carbonyl (C=O) groups excluding carboxylic acids is 2. The largest absolute Gasteiger partial charge is 0.489 e.